The van der Waals surface area contributed by atoms with Crippen LogP contribution in [0, 0.1) is 6.92 Å². The largest absolute Gasteiger partial charge is 0.495 e. The maximum Gasteiger partial charge on any atom is 0.244 e. The van der Waals surface area contributed by atoms with Gasteiger partial charge in [0, 0.05) is 30.9 Å². The molecule has 7 heteroatoms. The molecule has 0 saturated carbocycles. The van der Waals surface area contributed by atoms with Crippen LogP contribution in [-0.4, -0.2) is 31.6 Å². The van der Waals surface area contributed by atoms with Gasteiger partial charge >= 0.3 is 0 Å². The van der Waals surface area contributed by atoms with Crippen LogP contribution in [0.2, 0.25) is 0 Å². The molecular weight excluding hydrogens is 338 g/mol. The number of nitrogens with zero attached hydrogens (tertiary/aromatic N) is 2. The van der Waals surface area contributed by atoms with Gasteiger partial charge in [0.15, 0.2) is 0 Å². The van der Waals surface area contributed by atoms with Crippen molar-refractivity contribution in [1.82, 2.24) is 14.3 Å². The average Bonchev–Trinajstić information content (AvgIpc) is 3.02. The summed E-state index contributed by atoms with van der Waals surface area (Å²) in [6.45, 7) is 2.88. The van der Waals surface area contributed by atoms with E-state index in [4.69, 9.17) is 4.74 Å². The Morgan fingerprint density at radius 1 is 1.24 bits per heavy atom. The van der Waals surface area contributed by atoms with Crippen molar-refractivity contribution in [2.45, 2.75) is 24.8 Å². The molecule has 3 aromatic rings. The van der Waals surface area contributed by atoms with Gasteiger partial charge in [-0.1, -0.05) is 6.07 Å². The molecule has 25 heavy (non-hydrogen) atoms. The Balaban J connectivity index is 1.64. The van der Waals surface area contributed by atoms with Crippen LogP contribution in [0.4, 0.5) is 0 Å². The van der Waals surface area contributed by atoms with Gasteiger partial charge in [-0.15, -0.1) is 0 Å². The number of nitrogens with one attached hydrogen (secondary N) is 1. The van der Waals surface area contributed by atoms with Crippen molar-refractivity contribution >= 4 is 21.1 Å². The number of ether oxygens (including phenoxy) is 1. The average molecular weight is 359 g/mol. The number of fused-ring (bicyclic) bond motifs is 1. The van der Waals surface area contributed by atoms with E-state index in [0.717, 1.165) is 16.6 Å². The zero-order chi connectivity index (χ0) is 17.9. The molecular formula is C18H21N3O3S. The molecule has 3 rings (SSSR count). The topological polar surface area (TPSA) is 73.2 Å². The summed E-state index contributed by atoms with van der Waals surface area (Å²) in [5.74, 6) is 0.346. The summed E-state index contributed by atoms with van der Waals surface area (Å²) >= 11 is 0. The predicted molar refractivity (Wildman–Crippen MR) is 97.3 cm³/mol. The van der Waals surface area contributed by atoms with Crippen LogP contribution in [-0.2, 0) is 16.6 Å². The van der Waals surface area contributed by atoms with E-state index in [2.05, 4.69) is 9.71 Å². The fraction of sp³-hybridized carbons (Fsp3) is 0.278. The maximum absolute atomic E-state index is 12.5. The lowest BCUT2D eigenvalue weighted by Crippen LogP contribution is -2.26. The zero-order valence-electron chi connectivity index (χ0n) is 14.3. The highest BCUT2D eigenvalue weighted by atomic mass is 32.2. The van der Waals surface area contributed by atoms with Crippen molar-refractivity contribution in [3.63, 3.8) is 0 Å². The van der Waals surface area contributed by atoms with Gasteiger partial charge in [-0.05, 0) is 49.2 Å². The number of hydrogen-bond acceptors (Lipinski definition) is 4. The molecule has 0 aliphatic rings. The van der Waals surface area contributed by atoms with E-state index in [1.165, 1.54) is 7.11 Å². The molecule has 0 amide bonds. The number of sulfonamides is 1. The number of pyridine rings is 1. The van der Waals surface area contributed by atoms with Crippen LogP contribution >= 0.6 is 0 Å². The molecule has 1 aromatic carbocycles. The second-order valence-electron chi connectivity index (χ2n) is 5.83. The van der Waals surface area contributed by atoms with Crippen LogP contribution in [0.3, 0.4) is 0 Å². The number of benzene rings is 1. The van der Waals surface area contributed by atoms with Gasteiger partial charge in [0.2, 0.25) is 10.0 Å². The van der Waals surface area contributed by atoms with E-state index < -0.39 is 10.0 Å². The van der Waals surface area contributed by atoms with Gasteiger partial charge in [0.1, 0.15) is 16.3 Å². The van der Waals surface area contributed by atoms with E-state index in [1.54, 1.807) is 18.3 Å². The van der Waals surface area contributed by atoms with Gasteiger partial charge in [0.25, 0.3) is 0 Å². The predicted octanol–water partition coefficient (Wildman–Crippen LogP) is 2.72. The molecule has 0 unspecified atom stereocenters. The second-order valence-corrected chi connectivity index (χ2v) is 7.57. The number of methoxy groups -OCH3 is 1. The number of aryl methyl sites for hydroxylation is 2. The Hall–Kier alpha value is -2.38. The van der Waals surface area contributed by atoms with Crippen LogP contribution in [0.25, 0.3) is 11.0 Å². The maximum atomic E-state index is 12.5. The minimum absolute atomic E-state index is 0.170. The quantitative estimate of drug-likeness (QED) is 0.658. The summed E-state index contributed by atoms with van der Waals surface area (Å²) in [4.78, 5) is 4.53. The SMILES string of the molecule is COc1ccc(C)cc1S(=O)(=O)NCCCn1ccc2cccnc21. The van der Waals surface area contributed by atoms with Crippen LogP contribution < -0.4 is 9.46 Å². The smallest absolute Gasteiger partial charge is 0.244 e. The Morgan fingerprint density at radius 2 is 2.08 bits per heavy atom. The summed E-state index contributed by atoms with van der Waals surface area (Å²) in [6.07, 6.45) is 4.38. The fourth-order valence-electron chi connectivity index (χ4n) is 2.73. The molecule has 1 N–H and O–H groups in total. The molecule has 0 bridgehead atoms. The lowest BCUT2D eigenvalue weighted by Gasteiger charge is -2.12. The van der Waals surface area contributed by atoms with Crippen molar-refractivity contribution in [2.24, 2.45) is 0 Å². The highest BCUT2D eigenvalue weighted by molar-refractivity contribution is 7.89. The van der Waals surface area contributed by atoms with Crippen LogP contribution in [0.15, 0.2) is 53.7 Å². The third kappa shape index (κ3) is 3.83. The van der Waals surface area contributed by atoms with E-state index in [0.29, 0.717) is 25.3 Å². The van der Waals surface area contributed by atoms with Gasteiger partial charge in [0.05, 0.1) is 7.11 Å². The number of hydrogen-bond donors (Lipinski definition) is 1. The molecule has 2 heterocycles. The third-order valence-corrected chi connectivity index (χ3v) is 5.48. The van der Waals surface area contributed by atoms with Gasteiger partial charge < -0.3 is 9.30 Å². The first-order valence-electron chi connectivity index (χ1n) is 8.05. The molecule has 0 aliphatic carbocycles. The zero-order valence-corrected chi connectivity index (χ0v) is 15.1. The summed E-state index contributed by atoms with van der Waals surface area (Å²) in [6, 6.07) is 11.0. The first-order valence-corrected chi connectivity index (χ1v) is 9.54. The Labute approximate surface area is 147 Å². The summed E-state index contributed by atoms with van der Waals surface area (Å²) in [7, 11) is -2.14. The highest BCUT2D eigenvalue weighted by Gasteiger charge is 2.19. The van der Waals surface area contributed by atoms with Gasteiger partial charge in [-0.2, -0.15) is 0 Å². The molecule has 0 saturated heterocycles. The van der Waals surface area contributed by atoms with E-state index in [-0.39, 0.29) is 4.90 Å². The minimum atomic E-state index is -3.61. The first-order chi connectivity index (χ1) is 12.0. The molecule has 0 aliphatic heterocycles. The van der Waals surface area contributed by atoms with E-state index in [1.807, 2.05) is 42.0 Å². The summed E-state index contributed by atoms with van der Waals surface area (Å²) in [5.41, 5.74) is 1.77. The Morgan fingerprint density at radius 3 is 2.88 bits per heavy atom. The molecule has 0 radical (unpaired) electrons. The summed E-state index contributed by atoms with van der Waals surface area (Å²) < 4.78 is 34.9. The lowest BCUT2D eigenvalue weighted by molar-refractivity contribution is 0.402. The van der Waals surface area contributed by atoms with Crippen molar-refractivity contribution in [3.05, 3.63) is 54.4 Å². The van der Waals surface area contributed by atoms with Crippen molar-refractivity contribution < 1.29 is 13.2 Å². The van der Waals surface area contributed by atoms with Crippen LogP contribution in [0.5, 0.6) is 5.75 Å². The van der Waals surface area contributed by atoms with E-state index >= 15 is 0 Å². The van der Waals surface area contributed by atoms with Gasteiger partial charge in [-0.3, -0.25) is 0 Å². The monoisotopic (exact) mass is 359 g/mol. The third-order valence-electron chi connectivity index (χ3n) is 4.00. The number of rotatable bonds is 7. The second kappa shape index (κ2) is 7.25. The lowest BCUT2D eigenvalue weighted by atomic mass is 10.2. The molecule has 6 nitrogen and oxygen atoms in total. The molecule has 0 fully saturated rings. The minimum Gasteiger partial charge on any atom is -0.495 e. The first kappa shape index (κ1) is 17.4. The number of aromatic nitrogens is 2. The van der Waals surface area contributed by atoms with Crippen molar-refractivity contribution in [2.75, 3.05) is 13.7 Å². The van der Waals surface area contributed by atoms with Crippen molar-refractivity contribution in [3.8, 4) is 5.75 Å². The molecule has 0 spiro atoms. The highest BCUT2D eigenvalue weighted by Crippen LogP contribution is 2.24. The Kier molecular flexibility index (Phi) is 5.06. The van der Waals surface area contributed by atoms with Gasteiger partial charge in [-0.25, -0.2) is 18.1 Å². The normalized spacial score (nSPS) is 11.8. The molecule has 2 aromatic heterocycles. The summed E-state index contributed by atoms with van der Waals surface area (Å²) in [5, 5.41) is 1.08. The molecule has 132 valence electrons. The van der Waals surface area contributed by atoms with E-state index in [9.17, 15) is 8.42 Å². The van der Waals surface area contributed by atoms with Crippen molar-refractivity contribution in [1.29, 1.82) is 0 Å². The Bertz CT molecular complexity index is 980. The standard InChI is InChI=1S/C18H21N3O3S/c1-14-6-7-16(24-2)17(13-14)25(22,23)20-10-4-11-21-12-8-15-5-3-9-19-18(15)21/h3,5-9,12-13,20H,4,10-11H2,1-2H3. The fourth-order valence-corrected chi connectivity index (χ4v) is 4.05. The molecule has 0 atom stereocenters. The van der Waals surface area contributed by atoms with Crippen LogP contribution in [0.1, 0.15) is 12.0 Å².